The number of likely N-dealkylation sites (N-methyl/N-ethyl adjacent to an activating group) is 1. The number of aromatic nitrogens is 1. The molecule has 0 radical (unpaired) electrons. The van der Waals surface area contributed by atoms with Crippen LogP contribution >= 0.6 is 0 Å². The number of nitrogens with two attached hydrogens (primary N) is 1. The summed E-state index contributed by atoms with van der Waals surface area (Å²) >= 11 is 0. The van der Waals surface area contributed by atoms with Crippen molar-refractivity contribution < 1.29 is 13.2 Å². The molecule has 17 heavy (non-hydrogen) atoms. The van der Waals surface area contributed by atoms with Gasteiger partial charge in [0.1, 0.15) is 4.90 Å². The van der Waals surface area contributed by atoms with Gasteiger partial charge in [-0.1, -0.05) is 0 Å². The Kier molecular flexibility index (Phi) is 5.49. The van der Waals surface area contributed by atoms with Gasteiger partial charge in [0.2, 0.25) is 10.0 Å². The number of pyridine rings is 1. The van der Waals surface area contributed by atoms with Gasteiger partial charge in [0.05, 0.1) is 13.2 Å². The van der Waals surface area contributed by atoms with E-state index in [9.17, 15) is 8.42 Å². The zero-order valence-electron chi connectivity index (χ0n) is 9.74. The highest BCUT2D eigenvalue weighted by Gasteiger charge is 2.20. The molecule has 2 N–H and O–H groups in total. The standard InChI is InChI=1S/C10H17N3O3S/c1-13(6-8-16-7-4-11)17(14,15)10-3-2-5-12-9-10/h2-3,5,9H,4,6-8,11H2,1H3. The average Bonchev–Trinajstić information content (AvgIpc) is 2.35. The van der Waals surface area contributed by atoms with E-state index in [-0.39, 0.29) is 11.4 Å². The Bertz CT molecular complexity index is 422. The van der Waals surface area contributed by atoms with E-state index in [2.05, 4.69) is 4.98 Å². The summed E-state index contributed by atoms with van der Waals surface area (Å²) in [6.45, 7) is 1.48. The van der Waals surface area contributed by atoms with E-state index in [1.54, 1.807) is 6.07 Å². The first-order valence-electron chi connectivity index (χ1n) is 5.23. The zero-order valence-corrected chi connectivity index (χ0v) is 10.6. The summed E-state index contributed by atoms with van der Waals surface area (Å²) in [4.78, 5) is 3.97. The highest BCUT2D eigenvalue weighted by atomic mass is 32.2. The molecule has 0 spiro atoms. The van der Waals surface area contributed by atoms with E-state index >= 15 is 0 Å². The van der Waals surface area contributed by atoms with Crippen molar-refractivity contribution in [2.24, 2.45) is 5.73 Å². The monoisotopic (exact) mass is 259 g/mol. The molecule has 1 aromatic rings. The van der Waals surface area contributed by atoms with E-state index < -0.39 is 10.0 Å². The SMILES string of the molecule is CN(CCOCCN)S(=O)(=O)c1cccnc1. The first-order chi connectivity index (χ1) is 8.09. The van der Waals surface area contributed by atoms with Crippen LogP contribution < -0.4 is 5.73 Å². The molecule has 1 heterocycles. The fraction of sp³-hybridized carbons (Fsp3) is 0.500. The first kappa shape index (κ1) is 14.0. The normalized spacial score (nSPS) is 11.9. The van der Waals surface area contributed by atoms with Crippen molar-refractivity contribution in [1.29, 1.82) is 0 Å². The third kappa shape index (κ3) is 4.04. The van der Waals surface area contributed by atoms with Crippen molar-refractivity contribution in [3.63, 3.8) is 0 Å². The molecule has 0 saturated heterocycles. The van der Waals surface area contributed by atoms with E-state index in [0.717, 1.165) is 0 Å². The van der Waals surface area contributed by atoms with Gasteiger partial charge in [0.15, 0.2) is 0 Å². The summed E-state index contributed by atoms with van der Waals surface area (Å²) in [6.07, 6.45) is 2.86. The number of ether oxygens (including phenoxy) is 1. The van der Waals surface area contributed by atoms with Gasteiger partial charge in [-0.2, -0.15) is 4.31 Å². The first-order valence-corrected chi connectivity index (χ1v) is 6.67. The van der Waals surface area contributed by atoms with Crippen LogP contribution in [0, 0.1) is 0 Å². The summed E-state index contributed by atoms with van der Waals surface area (Å²) < 4.78 is 30.4. The molecule has 0 fully saturated rings. The van der Waals surface area contributed by atoms with Gasteiger partial charge in [-0.3, -0.25) is 4.98 Å². The van der Waals surface area contributed by atoms with E-state index in [1.807, 2.05) is 0 Å². The maximum Gasteiger partial charge on any atom is 0.244 e. The van der Waals surface area contributed by atoms with Crippen LogP contribution in [-0.2, 0) is 14.8 Å². The molecule has 0 unspecified atom stereocenters. The molecule has 0 amide bonds. The van der Waals surface area contributed by atoms with E-state index in [1.165, 1.54) is 29.8 Å². The quantitative estimate of drug-likeness (QED) is 0.678. The number of sulfonamides is 1. The minimum absolute atomic E-state index is 0.182. The summed E-state index contributed by atoms with van der Waals surface area (Å²) in [5, 5.41) is 0. The molecule has 0 aliphatic rings. The molecular weight excluding hydrogens is 242 g/mol. The Morgan fingerprint density at radius 2 is 2.24 bits per heavy atom. The van der Waals surface area contributed by atoms with Crippen molar-refractivity contribution >= 4 is 10.0 Å². The van der Waals surface area contributed by atoms with Gasteiger partial charge in [-0.25, -0.2) is 8.42 Å². The maximum absolute atomic E-state index is 12.0. The molecule has 0 aliphatic carbocycles. The molecule has 96 valence electrons. The Hall–Kier alpha value is -1.02. The maximum atomic E-state index is 12.0. The van der Waals surface area contributed by atoms with Crippen molar-refractivity contribution in [1.82, 2.24) is 9.29 Å². The number of nitrogens with zero attached hydrogens (tertiary/aromatic N) is 2. The lowest BCUT2D eigenvalue weighted by Gasteiger charge is -2.16. The van der Waals surface area contributed by atoms with Gasteiger partial charge in [-0.05, 0) is 12.1 Å². The topological polar surface area (TPSA) is 85.5 Å². The molecule has 0 atom stereocenters. The minimum atomic E-state index is -3.47. The Labute approximate surface area is 101 Å². The molecule has 0 aliphatic heterocycles. The predicted molar refractivity (Wildman–Crippen MR) is 63.9 cm³/mol. The van der Waals surface area contributed by atoms with Crippen molar-refractivity contribution in [3.05, 3.63) is 24.5 Å². The van der Waals surface area contributed by atoms with Crippen LogP contribution in [0.4, 0.5) is 0 Å². The number of rotatable bonds is 7. The lowest BCUT2D eigenvalue weighted by atomic mass is 10.5. The third-order valence-corrected chi connectivity index (χ3v) is 4.00. The Morgan fingerprint density at radius 1 is 1.47 bits per heavy atom. The summed E-state index contributed by atoms with van der Waals surface area (Å²) in [6, 6.07) is 3.10. The molecule has 6 nitrogen and oxygen atoms in total. The molecular formula is C10H17N3O3S. The Morgan fingerprint density at radius 3 is 2.82 bits per heavy atom. The Balaban J connectivity index is 2.59. The highest BCUT2D eigenvalue weighted by molar-refractivity contribution is 7.89. The lowest BCUT2D eigenvalue weighted by molar-refractivity contribution is 0.133. The largest absolute Gasteiger partial charge is 0.379 e. The fourth-order valence-electron chi connectivity index (χ4n) is 1.18. The van der Waals surface area contributed by atoms with Crippen LogP contribution in [0.2, 0.25) is 0 Å². The summed E-state index contributed by atoms with van der Waals surface area (Å²) in [5.41, 5.74) is 5.26. The highest BCUT2D eigenvalue weighted by Crippen LogP contribution is 2.11. The van der Waals surface area contributed by atoms with Gasteiger partial charge in [0.25, 0.3) is 0 Å². The summed E-state index contributed by atoms with van der Waals surface area (Å²) in [7, 11) is -1.96. The molecule has 7 heteroatoms. The second kappa shape index (κ2) is 6.65. The van der Waals surface area contributed by atoms with E-state index in [0.29, 0.717) is 19.8 Å². The van der Waals surface area contributed by atoms with E-state index in [4.69, 9.17) is 10.5 Å². The minimum Gasteiger partial charge on any atom is -0.379 e. The van der Waals surface area contributed by atoms with Crippen LogP contribution in [0.5, 0.6) is 0 Å². The van der Waals surface area contributed by atoms with Crippen molar-refractivity contribution in [3.8, 4) is 0 Å². The predicted octanol–water partition coefficient (Wildman–Crippen LogP) is -0.323. The number of hydrogen-bond acceptors (Lipinski definition) is 5. The van der Waals surface area contributed by atoms with Gasteiger partial charge < -0.3 is 10.5 Å². The van der Waals surface area contributed by atoms with Crippen LogP contribution in [0.3, 0.4) is 0 Å². The van der Waals surface area contributed by atoms with Crippen LogP contribution in [0.1, 0.15) is 0 Å². The molecule has 0 aromatic carbocycles. The molecule has 0 saturated carbocycles. The van der Waals surface area contributed by atoms with Crippen molar-refractivity contribution in [2.45, 2.75) is 4.90 Å². The van der Waals surface area contributed by atoms with Gasteiger partial charge in [0, 0.05) is 32.5 Å². The van der Waals surface area contributed by atoms with Crippen molar-refractivity contribution in [2.75, 3.05) is 33.4 Å². The van der Waals surface area contributed by atoms with Gasteiger partial charge >= 0.3 is 0 Å². The number of hydrogen-bond donors (Lipinski definition) is 1. The third-order valence-electron chi connectivity index (χ3n) is 2.16. The second-order valence-corrected chi connectivity index (χ2v) is 5.46. The van der Waals surface area contributed by atoms with Crippen LogP contribution in [0.15, 0.2) is 29.4 Å². The summed E-state index contributed by atoms with van der Waals surface area (Å²) in [5.74, 6) is 0. The molecule has 1 rings (SSSR count). The molecule has 1 aromatic heterocycles. The van der Waals surface area contributed by atoms with Crippen LogP contribution in [0.25, 0.3) is 0 Å². The zero-order chi connectivity index (χ0) is 12.7. The van der Waals surface area contributed by atoms with Crippen LogP contribution in [-0.4, -0.2) is 51.1 Å². The smallest absolute Gasteiger partial charge is 0.244 e. The van der Waals surface area contributed by atoms with Gasteiger partial charge in [-0.15, -0.1) is 0 Å². The molecule has 0 bridgehead atoms. The second-order valence-electron chi connectivity index (χ2n) is 3.42. The fourth-order valence-corrected chi connectivity index (χ4v) is 2.30. The lowest BCUT2D eigenvalue weighted by Crippen LogP contribution is -2.30. The average molecular weight is 259 g/mol.